The first-order valence-corrected chi connectivity index (χ1v) is 20.0. The molecule has 0 fully saturated rings. The Morgan fingerprint density at radius 3 is 1.24 bits per heavy atom. The van der Waals surface area contributed by atoms with Crippen LogP contribution in [0.2, 0.25) is 0 Å². The molecule has 2 atom stereocenters. The molecule has 5 heteroatoms. The van der Waals surface area contributed by atoms with Crippen molar-refractivity contribution >= 4 is 12.4 Å². The van der Waals surface area contributed by atoms with E-state index in [0.717, 1.165) is 32.4 Å². The third-order valence-corrected chi connectivity index (χ3v) is 9.50. The number of aliphatic carboxylic acids is 1. The predicted octanol–water partition coefficient (Wildman–Crippen LogP) is 12.9. The molecule has 0 radical (unpaired) electrons. The normalized spacial score (nSPS) is 13.8. The van der Waals surface area contributed by atoms with Crippen molar-refractivity contribution in [3.8, 4) is 0 Å². The van der Waals surface area contributed by atoms with Crippen LogP contribution in [0.15, 0.2) is 4.99 Å². The van der Waals surface area contributed by atoms with E-state index in [1.165, 1.54) is 180 Å². The molecular weight excluding hydrogens is 558 g/mol. The van der Waals surface area contributed by atoms with E-state index in [-0.39, 0.29) is 12.0 Å². The van der Waals surface area contributed by atoms with Crippen molar-refractivity contribution < 1.29 is 19.4 Å². The van der Waals surface area contributed by atoms with Crippen LogP contribution in [0.5, 0.6) is 0 Å². The maximum Gasteiger partial charge on any atom is 0.306 e. The third kappa shape index (κ3) is 34.1. The average molecular weight is 638 g/mol. The molecule has 1 N–H and O–H groups in total. The van der Waals surface area contributed by atoms with Crippen molar-refractivity contribution in [1.82, 2.24) is 0 Å². The van der Waals surface area contributed by atoms with Gasteiger partial charge in [0, 0.05) is 7.11 Å². The maximum atomic E-state index is 11.9. The molecule has 0 bridgehead atoms. The number of carbonyl (C=O) groups is 1. The number of hydrogen-bond donors (Lipinski definition) is 1. The molecule has 0 aromatic carbocycles. The SMILES string of the molecule is C1=NCCO1.CCCCCCCCCCCCCCCCCCC(CC(CCCCCCCCCCCCCC)OC)C(=O)O. The van der Waals surface area contributed by atoms with Gasteiger partial charge in [-0.2, -0.15) is 0 Å². The molecule has 0 aromatic rings. The van der Waals surface area contributed by atoms with E-state index in [9.17, 15) is 9.90 Å². The Kier molecular flexibility index (Phi) is 36.4. The van der Waals surface area contributed by atoms with Crippen LogP contribution in [0.1, 0.15) is 213 Å². The fraction of sp³-hybridized carbons (Fsp3) is 0.950. The van der Waals surface area contributed by atoms with E-state index in [2.05, 4.69) is 23.6 Å². The minimum absolute atomic E-state index is 0.102. The number of rotatable bonds is 34. The van der Waals surface area contributed by atoms with Crippen molar-refractivity contribution in [1.29, 1.82) is 0 Å². The summed E-state index contributed by atoms with van der Waals surface area (Å²) in [4.78, 5) is 15.6. The summed E-state index contributed by atoms with van der Waals surface area (Å²) in [5.41, 5.74) is 0. The van der Waals surface area contributed by atoms with Crippen molar-refractivity contribution in [2.24, 2.45) is 10.9 Å². The molecular formula is C40H79NO4. The molecule has 0 aromatic heterocycles. The first kappa shape index (κ1) is 43.9. The maximum absolute atomic E-state index is 11.9. The topological polar surface area (TPSA) is 68.1 Å². The molecule has 5 nitrogen and oxygen atoms in total. The number of ether oxygens (including phenoxy) is 2. The molecule has 268 valence electrons. The summed E-state index contributed by atoms with van der Waals surface area (Å²) < 4.78 is 10.4. The zero-order valence-corrected chi connectivity index (χ0v) is 30.7. The molecule has 2 unspecified atom stereocenters. The van der Waals surface area contributed by atoms with Crippen LogP contribution < -0.4 is 0 Å². The van der Waals surface area contributed by atoms with Crippen molar-refractivity contribution in [3.05, 3.63) is 0 Å². The zero-order valence-electron chi connectivity index (χ0n) is 30.7. The highest BCUT2D eigenvalue weighted by Crippen LogP contribution is 2.22. The second-order valence-corrected chi connectivity index (χ2v) is 13.8. The van der Waals surface area contributed by atoms with E-state index in [1.54, 1.807) is 7.11 Å². The van der Waals surface area contributed by atoms with Gasteiger partial charge in [0.15, 0.2) is 6.40 Å². The molecule has 1 aliphatic rings. The molecule has 0 amide bonds. The molecule has 0 saturated heterocycles. The minimum Gasteiger partial charge on any atom is -0.482 e. The standard InChI is InChI=1S/C37H74O3.C3H5NO/c1-4-6-8-10-12-14-16-18-19-20-21-22-24-26-28-30-32-35(37(38)39)34-36(40-3)33-31-29-27-25-23-17-15-13-11-9-7-5-2;1-2-5-3-4-1/h35-36H,4-34H2,1-3H3,(H,38,39);3H,1-2H2. The third-order valence-electron chi connectivity index (χ3n) is 9.50. The minimum atomic E-state index is -0.627. The van der Waals surface area contributed by atoms with Gasteiger partial charge in [-0.1, -0.05) is 194 Å². The summed E-state index contributed by atoms with van der Waals surface area (Å²) in [5.74, 6) is -0.869. The van der Waals surface area contributed by atoms with Crippen LogP contribution in [0.3, 0.4) is 0 Å². The largest absolute Gasteiger partial charge is 0.482 e. The number of hydrogen-bond acceptors (Lipinski definition) is 4. The molecule has 45 heavy (non-hydrogen) atoms. The highest BCUT2D eigenvalue weighted by molar-refractivity contribution is 5.69. The number of nitrogens with zero attached hydrogens (tertiary/aromatic N) is 1. The van der Waals surface area contributed by atoms with Gasteiger partial charge in [0.25, 0.3) is 0 Å². The lowest BCUT2D eigenvalue weighted by Crippen LogP contribution is -2.22. The first-order chi connectivity index (χ1) is 22.2. The lowest BCUT2D eigenvalue weighted by molar-refractivity contribution is -0.143. The molecule has 0 spiro atoms. The first-order valence-electron chi connectivity index (χ1n) is 20.0. The van der Waals surface area contributed by atoms with Crippen LogP contribution in [-0.2, 0) is 14.3 Å². The lowest BCUT2D eigenvalue weighted by atomic mass is 9.92. The lowest BCUT2D eigenvalue weighted by Gasteiger charge is -2.20. The number of methoxy groups -OCH3 is 1. The monoisotopic (exact) mass is 638 g/mol. The Morgan fingerprint density at radius 1 is 0.622 bits per heavy atom. The van der Waals surface area contributed by atoms with E-state index in [4.69, 9.17) is 4.74 Å². The quantitative estimate of drug-likeness (QED) is 0.0713. The predicted molar refractivity (Wildman–Crippen MR) is 196 cm³/mol. The van der Waals surface area contributed by atoms with Gasteiger partial charge in [0.2, 0.25) is 0 Å². The Hall–Kier alpha value is -1.10. The van der Waals surface area contributed by atoms with Crippen LogP contribution in [0.25, 0.3) is 0 Å². The van der Waals surface area contributed by atoms with Crippen LogP contribution in [-0.4, -0.2) is 43.8 Å². The average Bonchev–Trinajstić information content (AvgIpc) is 3.64. The second-order valence-electron chi connectivity index (χ2n) is 13.8. The van der Waals surface area contributed by atoms with Crippen LogP contribution in [0, 0.1) is 5.92 Å². The Morgan fingerprint density at radius 2 is 0.978 bits per heavy atom. The van der Waals surface area contributed by atoms with E-state index >= 15 is 0 Å². The number of aliphatic imine (C=N–C) groups is 1. The highest BCUT2D eigenvalue weighted by atomic mass is 16.5. The van der Waals surface area contributed by atoms with Gasteiger partial charge < -0.3 is 14.6 Å². The van der Waals surface area contributed by atoms with E-state index in [1.807, 2.05) is 0 Å². The fourth-order valence-corrected chi connectivity index (χ4v) is 6.41. The van der Waals surface area contributed by atoms with Gasteiger partial charge in [0.05, 0.1) is 18.6 Å². The van der Waals surface area contributed by atoms with Gasteiger partial charge >= 0.3 is 5.97 Å². The fourth-order valence-electron chi connectivity index (χ4n) is 6.41. The molecule has 0 saturated carbocycles. The van der Waals surface area contributed by atoms with Crippen molar-refractivity contribution in [2.45, 2.75) is 219 Å². The molecule has 1 rings (SSSR count). The number of carboxylic acids is 1. The van der Waals surface area contributed by atoms with Crippen LogP contribution >= 0.6 is 0 Å². The van der Waals surface area contributed by atoms with E-state index in [0.29, 0.717) is 6.42 Å². The van der Waals surface area contributed by atoms with Crippen LogP contribution in [0.4, 0.5) is 0 Å². The summed E-state index contributed by atoms with van der Waals surface area (Å²) in [7, 11) is 1.76. The smallest absolute Gasteiger partial charge is 0.306 e. The Bertz CT molecular complexity index is 605. The molecule has 1 aliphatic heterocycles. The van der Waals surface area contributed by atoms with Crippen molar-refractivity contribution in [2.75, 3.05) is 20.3 Å². The number of carboxylic acid groups (broad SMARTS) is 1. The van der Waals surface area contributed by atoms with Gasteiger partial charge in [-0.05, 0) is 19.3 Å². The Labute approximate surface area is 281 Å². The summed E-state index contributed by atoms with van der Waals surface area (Å²) in [6.07, 6.45) is 42.0. The molecule has 0 aliphatic carbocycles. The zero-order chi connectivity index (χ0) is 32.9. The summed E-state index contributed by atoms with van der Waals surface area (Å²) >= 11 is 0. The Balaban J connectivity index is 0.00000349. The van der Waals surface area contributed by atoms with Gasteiger partial charge in [0.1, 0.15) is 6.61 Å². The van der Waals surface area contributed by atoms with Crippen molar-refractivity contribution in [3.63, 3.8) is 0 Å². The van der Waals surface area contributed by atoms with Gasteiger partial charge in [-0.15, -0.1) is 0 Å². The highest BCUT2D eigenvalue weighted by Gasteiger charge is 2.22. The van der Waals surface area contributed by atoms with E-state index < -0.39 is 5.97 Å². The molecule has 1 heterocycles. The summed E-state index contributed by atoms with van der Waals surface area (Å²) in [6.45, 7) is 6.19. The van der Waals surface area contributed by atoms with Gasteiger partial charge in [-0.25, -0.2) is 0 Å². The second kappa shape index (κ2) is 37.4. The summed E-state index contributed by atoms with van der Waals surface area (Å²) in [6, 6.07) is 0. The summed E-state index contributed by atoms with van der Waals surface area (Å²) in [5, 5.41) is 9.76. The van der Waals surface area contributed by atoms with Gasteiger partial charge in [-0.3, -0.25) is 9.79 Å². The number of unbranched alkanes of at least 4 members (excludes halogenated alkanes) is 26.